The van der Waals surface area contributed by atoms with E-state index in [-0.39, 0.29) is 5.91 Å². The summed E-state index contributed by atoms with van der Waals surface area (Å²) >= 11 is 11.8. The van der Waals surface area contributed by atoms with Crippen molar-refractivity contribution >= 4 is 46.0 Å². The predicted molar refractivity (Wildman–Crippen MR) is 108 cm³/mol. The van der Waals surface area contributed by atoms with Crippen molar-refractivity contribution in [1.82, 2.24) is 15.0 Å². The van der Waals surface area contributed by atoms with Gasteiger partial charge in [-0.25, -0.2) is 9.97 Å². The molecule has 0 saturated carbocycles. The number of nitrogens with one attached hydrogen (secondary N) is 2. The third-order valence-electron chi connectivity index (χ3n) is 4.18. The van der Waals surface area contributed by atoms with Crippen LogP contribution >= 0.6 is 23.2 Å². The zero-order valence-electron chi connectivity index (χ0n) is 14.0. The van der Waals surface area contributed by atoms with Crippen LogP contribution in [0.15, 0.2) is 61.1 Å². The molecule has 0 aliphatic heterocycles. The Kier molecular flexibility index (Phi) is 4.79. The SMILES string of the molecule is O=C(Nc1ccc(Cc2c[nH]c3ncccc23)cn1)c1ccc(Cl)c(Cl)c1. The minimum Gasteiger partial charge on any atom is -0.346 e. The molecule has 3 heterocycles. The van der Waals surface area contributed by atoms with Crippen molar-refractivity contribution < 1.29 is 4.79 Å². The number of benzene rings is 1. The highest BCUT2D eigenvalue weighted by Gasteiger charge is 2.10. The molecule has 0 aliphatic carbocycles. The number of rotatable bonds is 4. The normalized spacial score (nSPS) is 10.9. The van der Waals surface area contributed by atoms with Crippen LogP contribution in [-0.2, 0) is 6.42 Å². The third kappa shape index (κ3) is 3.79. The second-order valence-corrected chi connectivity index (χ2v) is 6.84. The molecule has 7 heteroatoms. The van der Waals surface area contributed by atoms with E-state index in [0.717, 1.165) is 28.6 Å². The average molecular weight is 397 g/mol. The van der Waals surface area contributed by atoms with Crippen LogP contribution in [0.2, 0.25) is 10.0 Å². The first-order valence-electron chi connectivity index (χ1n) is 8.22. The second-order valence-electron chi connectivity index (χ2n) is 6.02. The van der Waals surface area contributed by atoms with E-state index in [2.05, 4.69) is 20.3 Å². The predicted octanol–water partition coefficient (Wildman–Crippen LogP) is 5.11. The number of hydrogen-bond donors (Lipinski definition) is 2. The second kappa shape index (κ2) is 7.39. The fraction of sp³-hybridized carbons (Fsp3) is 0.0500. The fourth-order valence-electron chi connectivity index (χ4n) is 2.81. The van der Waals surface area contributed by atoms with Crippen molar-refractivity contribution in [1.29, 1.82) is 0 Å². The maximum absolute atomic E-state index is 12.3. The van der Waals surface area contributed by atoms with Crippen molar-refractivity contribution in [3.63, 3.8) is 0 Å². The highest BCUT2D eigenvalue weighted by molar-refractivity contribution is 6.42. The van der Waals surface area contributed by atoms with E-state index in [9.17, 15) is 4.79 Å². The molecule has 27 heavy (non-hydrogen) atoms. The molecule has 1 aromatic carbocycles. The molecule has 5 nitrogen and oxygen atoms in total. The molecular formula is C20H14Cl2N4O. The number of H-pyrrole nitrogens is 1. The van der Waals surface area contributed by atoms with Gasteiger partial charge in [0.15, 0.2) is 0 Å². The largest absolute Gasteiger partial charge is 0.346 e. The average Bonchev–Trinajstić information content (AvgIpc) is 3.08. The van der Waals surface area contributed by atoms with Crippen molar-refractivity contribution in [2.24, 2.45) is 0 Å². The van der Waals surface area contributed by atoms with Gasteiger partial charge in [0.2, 0.25) is 0 Å². The number of halogens is 2. The molecule has 4 aromatic rings. The molecule has 0 unspecified atom stereocenters. The number of pyridine rings is 2. The smallest absolute Gasteiger partial charge is 0.256 e. The van der Waals surface area contributed by atoms with Gasteiger partial charge in [0, 0.05) is 36.0 Å². The number of carbonyl (C=O) groups excluding carboxylic acids is 1. The van der Waals surface area contributed by atoms with Gasteiger partial charge in [-0.2, -0.15) is 0 Å². The van der Waals surface area contributed by atoms with E-state index in [0.29, 0.717) is 21.4 Å². The Morgan fingerprint density at radius 3 is 2.74 bits per heavy atom. The van der Waals surface area contributed by atoms with Crippen LogP contribution in [0.4, 0.5) is 5.82 Å². The maximum atomic E-state index is 12.3. The van der Waals surface area contributed by atoms with Crippen LogP contribution in [0.5, 0.6) is 0 Å². The molecule has 4 rings (SSSR count). The number of nitrogens with zero attached hydrogens (tertiary/aromatic N) is 2. The lowest BCUT2D eigenvalue weighted by Gasteiger charge is -2.06. The zero-order chi connectivity index (χ0) is 18.8. The van der Waals surface area contributed by atoms with Crippen LogP contribution in [0.1, 0.15) is 21.5 Å². The van der Waals surface area contributed by atoms with Gasteiger partial charge in [0.1, 0.15) is 11.5 Å². The van der Waals surface area contributed by atoms with Crippen molar-refractivity contribution in [2.45, 2.75) is 6.42 Å². The summed E-state index contributed by atoms with van der Waals surface area (Å²) < 4.78 is 0. The molecule has 0 aliphatic rings. The molecule has 3 aromatic heterocycles. The summed E-state index contributed by atoms with van der Waals surface area (Å²) in [6.07, 6.45) is 6.19. The number of fused-ring (bicyclic) bond motifs is 1. The molecule has 0 atom stereocenters. The monoisotopic (exact) mass is 396 g/mol. The Hall–Kier alpha value is -2.89. The summed E-state index contributed by atoms with van der Waals surface area (Å²) in [4.78, 5) is 24.1. The van der Waals surface area contributed by atoms with E-state index < -0.39 is 0 Å². The van der Waals surface area contributed by atoms with Gasteiger partial charge in [-0.15, -0.1) is 0 Å². The molecule has 0 bridgehead atoms. The lowest BCUT2D eigenvalue weighted by Crippen LogP contribution is -2.13. The number of amides is 1. The van der Waals surface area contributed by atoms with Crippen LogP contribution in [-0.4, -0.2) is 20.9 Å². The topological polar surface area (TPSA) is 70.7 Å². The van der Waals surface area contributed by atoms with Gasteiger partial charge in [0.05, 0.1) is 10.0 Å². The number of hydrogen-bond acceptors (Lipinski definition) is 3. The highest BCUT2D eigenvalue weighted by Crippen LogP contribution is 2.23. The Morgan fingerprint density at radius 1 is 1.07 bits per heavy atom. The van der Waals surface area contributed by atoms with Crippen molar-refractivity contribution in [2.75, 3.05) is 5.32 Å². The standard InChI is InChI=1S/C20H14Cl2N4O/c21-16-5-4-13(9-17(16)22)20(27)26-18-6-3-12(10-24-18)8-14-11-25-19-15(14)2-1-7-23-19/h1-7,9-11H,8H2,(H,23,25)(H,24,26,27). The minimum absolute atomic E-state index is 0.295. The first kappa shape index (κ1) is 17.5. The number of aromatic amines is 1. The summed E-state index contributed by atoms with van der Waals surface area (Å²) in [6.45, 7) is 0. The van der Waals surface area contributed by atoms with Crippen LogP contribution in [0.25, 0.3) is 11.0 Å². The van der Waals surface area contributed by atoms with Gasteiger partial charge in [-0.05, 0) is 47.5 Å². The van der Waals surface area contributed by atoms with Gasteiger partial charge in [-0.3, -0.25) is 4.79 Å². The van der Waals surface area contributed by atoms with Crippen LogP contribution in [0, 0.1) is 0 Å². The van der Waals surface area contributed by atoms with Crippen LogP contribution < -0.4 is 5.32 Å². The summed E-state index contributed by atoms with van der Waals surface area (Å²) in [5.41, 5.74) is 3.47. The highest BCUT2D eigenvalue weighted by atomic mass is 35.5. The van der Waals surface area contributed by atoms with Crippen molar-refractivity contribution in [3.05, 3.63) is 87.8 Å². The maximum Gasteiger partial charge on any atom is 0.256 e. The van der Waals surface area contributed by atoms with Gasteiger partial charge in [0.25, 0.3) is 5.91 Å². The summed E-state index contributed by atoms with van der Waals surface area (Å²) in [5.74, 6) is 0.173. The quantitative estimate of drug-likeness (QED) is 0.503. The molecule has 0 radical (unpaired) electrons. The lowest BCUT2D eigenvalue weighted by molar-refractivity contribution is 0.102. The van der Waals surface area contributed by atoms with Gasteiger partial charge >= 0.3 is 0 Å². The number of carbonyl (C=O) groups is 1. The van der Waals surface area contributed by atoms with E-state index in [1.54, 1.807) is 30.6 Å². The summed E-state index contributed by atoms with van der Waals surface area (Å²) in [5, 5.41) is 4.58. The first-order valence-corrected chi connectivity index (χ1v) is 8.98. The van der Waals surface area contributed by atoms with E-state index >= 15 is 0 Å². The summed E-state index contributed by atoms with van der Waals surface area (Å²) in [6, 6.07) is 12.4. The molecule has 0 saturated heterocycles. The summed E-state index contributed by atoms with van der Waals surface area (Å²) in [7, 11) is 0. The van der Waals surface area contributed by atoms with Gasteiger partial charge in [-0.1, -0.05) is 29.3 Å². The molecule has 1 amide bonds. The Labute approximate surface area is 165 Å². The molecule has 2 N–H and O–H groups in total. The van der Waals surface area contributed by atoms with Gasteiger partial charge < -0.3 is 10.3 Å². The molecule has 0 spiro atoms. The number of aromatic nitrogens is 3. The first-order chi connectivity index (χ1) is 13.1. The molecular weight excluding hydrogens is 383 g/mol. The number of anilines is 1. The fourth-order valence-corrected chi connectivity index (χ4v) is 3.11. The molecule has 0 fully saturated rings. The van der Waals surface area contributed by atoms with E-state index in [1.807, 2.05) is 24.4 Å². The Balaban J connectivity index is 1.47. The van der Waals surface area contributed by atoms with E-state index in [1.165, 1.54) is 6.07 Å². The van der Waals surface area contributed by atoms with Crippen molar-refractivity contribution in [3.8, 4) is 0 Å². The van der Waals surface area contributed by atoms with E-state index in [4.69, 9.17) is 23.2 Å². The lowest BCUT2D eigenvalue weighted by atomic mass is 10.1. The van der Waals surface area contributed by atoms with Crippen LogP contribution in [0.3, 0.4) is 0 Å². The Morgan fingerprint density at radius 2 is 1.96 bits per heavy atom. The minimum atomic E-state index is -0.295. The molecule has 134 valence electrons. The Bertz CT molecular complexity index is 1120. The zero-order valence-corrected chi connectivity index (χ0v) is 15.6. The third-order valence-corrected chi connectivity index (χ3v) is 4.92.